The quantitative estimate of drug-likeness (QED) is 0.854. The summed E-state index contributed by atoms with van der Waals surface area (Å²) in [6.07, 6.45) is 3.65. The summed E-state index contributed by atoms with van der Waals surface area (Å²) >= 11 is 3.33. The van der Waals surface area contributed by atoms with Crippen molar-refractivity contribution in [3.8, 4) is 0 Å². The molecule has 2 fully saturated rings. The molecule has 0 saturated carbocycles. The van der Waals surface area contributed by atoms with Crippen LogP contribution in [0.25, 0.3) is 0 Å². The fraction of sp³-hybridized carbons (Fsp3) is 0.538. The van der Waals surface area contributed by atoms with Crippen LogP contribution in [-0.2, 0) is 0 Å². The van der Waals surface area contributed by atoms with E-state index in [9.17, 15) is 9.59 Å². The van der Waals surface area contributed by atoms with Crippen molar-refractivity contribution in [2.24, 2.45) is 0 Å². The summed E-state index contributed by atoms with van der Waals surface area (Å²) in [6.45, 7) is 2.80. The van der Waals surface area contributed by atoms with Gasteiger partial charge >= 0.3 is 6.03 Å². The number of carbonyl (C=O) groups is 2. The molecule has 3 rings (SSSR count). The molecule has 2 aliphatic rings. The number of nitrogens with zero attached hydrogens (tertiary/aromatic N) is 2. The minimum atomic E-state index is -0.00748. The molecule has 20 heavy (non-hydrogen) atoms. The number of halogens is 1. The molecule has 0 spiro atoms. The molecule has 1 aromatic heterocycles. The lowest BCUT2D eigenvalue weighted by Crippen LogP contribution is -2.50. The number of aromatic nitrogens is 1. The topological polar surface area (TPSA) is 68.4 Å². The van der Waals surface area contributed by atoms with Crippen molar-refractivity contribution in [2.75, 3.05) is 26.2 Å². The van der Waals surface area contributed by atoms with Crippen LogP contribution < -0.4 is 5.32 Å². The van der Waals surface area contributed by atoms with Crippen molar-refractivity contribution in [3.05, 3.63) is 22.4 Å². The number of carbonyl (C=O) groups excluding carboxylic acids is 2. The number of amides is 3. The average molecular weight is 341 g/mol. The Morgan fingerprint density at radius 1 is 1.40 bits per heavy atom. The lowest BCUT2D eigenvalue weighted by molar-refractivity contribution is 0.0629. The molecule has 0 aliphatic carbocycles. The second-order valence-corrected chi connectivity index (χ2v) is 6.12. The standard InChI is InChI=1S/C13H17BrN4O2/c14-9-6-11(16-7-9)12(19)17-4-1-2-10(8-17)18-5-3-15-13(18)20/h6-7,10,16H,1-5,8H2,(H,15,20)/t10-/m0/s1. The van der Waals surface area contributed by atoms with E-state index in [1.807, 2.05) is 9.80 Å². The fourth-order valence-electron chi connectivity index (χ4n) is 2.89. The van der Waals surface area contributed by atoms with Crippen molar-refractivity contribution >= 4 is 27.9 Å². The van der Waals surface area contributed by atoms with Crippen LogP contribution in [0.5, 0.6) is 0 Å². The monoisotopic (exact) mass is 340 g/mol. The Balaban J connectivity index is 1.68. The van der Waals surface area contributed by atoms with Gasteiger partial charge in [-0.2, -0.15) is 0 Å². The molecule has 6 nitrogen and oxygen atoms in total. The van der Waals surface area contributed by atoms with E-state index in [0.29, 0.717) is 18.8 Å². The molecular formula is C13H17BrN4O2. The Morgan fingerprint density at radius 3 is 2.90 bits per heavy atom. The van der Waals surface area contributed by atoms with Gasteiger partial charge in [0.1, 0.15) is 5.69 Å². The smallest absolute Gasteiger partial charge is 0.317 e. The Morgan fingerprint density at radius 2 is 2.25 bits per heavy atom. The van der Waals surface area contributed by atoms with E-state index in [-0.39, 0.29) is 18.0 Å². The first-order chi connectivity index (χ1) is 9.65. The van der Waals surface area contributed by atoms with E-state index in [4.69, 9.17) is 0 Å². The van der Waals surface area contributed by atoms with Gasteiger partial charge < -0.3 is 20.1 Å². The summed E-state index contributed by atoms with van der Waals surface area (Å²) in [5.41, 5.74) is 0.586. The molecule has 2 aliphatic heterocycles. The van der Waals surface area contributed by atoms with Gasteiger partial charge in [-0.15, -0.1) is 0 Å². The maximum atomic E-state index is 12.4. The summed E-state index contributed by atoms with van der Waals surface area (Å²) < 4.78 is 0.869. The molecule has 0 unspecified atom stereocenters. The lowest BCUT2D eigenvalue weighted by atomic mass is 10.0. The van der Waals surface area contributed by atoms with Crippen LogP contribution in [0, 0.1) is 0 Å². The number of hydrogen-bond donors (Lipinski definition) is 2. The van der Waals surface area contributed by atoms with Gasteiger partial charge in [0.25, 0.3) is 5.91 Å². The number of urea groups is 1. The highest BCUT2D eigenvalue weighted by molar-refractivity contribution is 9.10. The minimum absolute atomic E-state index is 0.00000472. The van der Waals surface area contributed by atoms with Crippen LogP contribution >= 0.6 is 15.9 Å². The molecule has 2 saturated heterocycles. The molecule has 1 aromatic rings. The molecule has 2 N–H and O–H groups in total. The van der Waals surface area contributed by atoms with Crippen molar-refractivity contribution in [1.29, 1.82) is 0 Å². The average Bonchev–Trinajstić information content (AvgIpc) is 3.07. The molecular weight excluding hydrogens is 324 g/mol. The van der Waals surface area contributed by atoms with Crippen LogP contribution in [0.2, 0.25) is 0 Å². The first-order valence-electron chi connectivity index (χ1n) is 6.83. The van der Waals surface area contributed by atoms with Gasteiger partial charge in [-0.3, -0.25) is 4.79 Å². The van der Waals surface area contributed by atoms with Gasteiger partial charge in [0, 0.05) is 36.8 Å². The van der Waals surface area contributed by atoms with Crippen molar-refractivity contribution in [1.82, 2.24) is 20.1 Å². The van der Waals surface area contributed by atoms with Crippen molar-refractivity contribution in [2.45, 2.75) is 18.9 Å². The summed E-state index contributed by atoms with van der Waals surface area (Å²) in [6, 6.07) is 1.91. The van der Waals surface area contributed by atoms with Gasteiger partial charge in [-0.05, 0) is 34.8 Å². The number of piperidine rings is 1. The zero-order valence-corrected chi connectivity index (χ0v) is 12.6. The van der Waals surface area contributed by atoms with Crippen molar-refractivity contribution < 1.29 is 9.59 Å². The fourth-order valence-corrected chi connectivity index (χ4v) is 3.23. The molecule has 0 aromatic carbocycles. The second-order valence-electron chi connectivity index (χ2n) is 5.20. The molecule has 0 bridgehead atoms. The number of likely N-dealkylation sites (tertiary alicyclic amines) is 1. The van der Waals surface area contributed by atoms with Gasteiger partial charge in [0.2, 0.25) is 0 Å². The van der Waals surface area contributed by atoms with Gasteiger partial charge in [-0.25, -0.2) is 4.79 Å². The second kappa shape index (κ2) is 5.47. The van der Waals surface area contributed by atoms with Crippen molar-refractivity contribution in [3.63, 3.8) is 0 Å². The van der Waals surface area contributed by atoms with E-state index in [0.717, 1.165) is 30.4 Å². The van der Waals surface area contributed by atoms with E-state index in [2.05, 4.69) is 26.2 Å². The molecule has 7 heteroatoms. The normalized spacial score (nSPS) is 23.1. The number of hydrogen-bond acceptors (Lipinski definition) is 2. The van der Waals surface area contributed by atoms with Crippen LogP contribution in [0.3, 0.4) is 0 Å². The zero-order valence-electron chi connectivity index (χ0n) is 11.1. The number of nitrogens with one attached hydrogen (secondary N) is 2. The highest BCUT2D eigenvalue weighted by atomic mass is 79.9. The highest BCUT2D eigenvalue weighted by Gasteiger charge is 2.33. The van der Waals surface area contributed by atoms with E-state index in [1.165, 1.54) is 0 Å². The molecule has 1 atom stereocenters. The third kappa shape index (κ3) is 2.54. The highest BCUT2D eigenvalue weighted by Crippen LogP contribution is 2.20. The van der Waals surface area contributed by atoms with E-state index in [1.54, 1.807) is 12.3 Å². The molecule has 0 radical (unpaired) electrons. The van der Waals surface area contributed by atoms with Gasteiger partial charge in [0.05, 0.1) is 6.04 Å². The summed E-state index contributed by atoms with van der Waals surface area (Å²) in [4.78, 5) is 30.8. The first kappa shape index (κ1) is 13.5. The summed E-state index contributed by atoms with van der Waals surface area (Å²) in [7, 11) is 0. The van der Waals surface area contributed by atoms with Crippen LogP contribution in [0.1, 0.15) is 23.3 Å². The van der Waals surface area contributed by atoms with Crippen LogP contribution in [-0.4, -0.2) is 58.9 Å². The SMILES string of the molecule is O=C(c1cc(Br)c[nH]1)N1CCC[C@H](N2CCNC2=O)C1. The Labute approximate surface area is 125 Å². The van der Waals surface area contributed by atoms with E-state index < -0.39 is 0 Å². The zero-order chi connectivity index (χ0) is 14.1. The minimum Gasteiger partial charge on any atom is -0.356 e. The molecule has 3 amide bonds. The number of rotatable bonds is 2. The molecule has 3 heterocycles. The predicted octanol–water partition coefficient (Wildman–Crippen LogP) is 1.41. The Kier molecular flexibility index (Phi) is 3.69. The van der Waals surface area contributed by atoms with Crippen LogP contribution in [0.15, 0.2) is 16.7 Å². The maximum Gasteiger partial charge on any atom is 0.317 e. The Hall–Kier alpha value is -1.50. The predicted molar refractivity (Wildman–Crippen MR) is 77.5 cm³/mol. The summed E-state index contributed by atoms with van der Waals surface area (Å²) in [5, 5.41) is 2.82. The number of H-pyrrole nitrogens is 1. The lowest BCUT2D eigenvalue weighted by Gasteiger charge is -2.36. The third-order valence-corrected chi connectivity index (χ3v) is 4.35. The largest absolute Gasteiger partial charge is 0.356 e. The van der Waals surface area contributed by atoms with E-state index >= 15 is 0 Å². The van der Waals surface area contributed by atoms with Crippen LogP contribution in [0.4, 0.5) is 4.79 Å². The maximum absolute atomic E-state index is 12.4. The molecule has 108 valence electrons. The summed E-state index contributed by atoms with van der Waals surface area (Å²) in [5.74, 6) is 0.00000472. The third-order valence-electron chi connectivity index (χ3n) is 3.89. The number of aromatic amines is 1. The first-order valence-corrected chi connectivity index (χ1v) is 7.62. The van der Waals surface area contributed by atoms with Gasteiger partial charge in [0.15, 0.2) is 0 Å². The Bertz CT molecular complexity index is 530. The van der Waals surface area contributed by atoms with Gasteiger partial charge in [-0.1, -0.05) is 0 Å².